The van der Waals surface area contributed by atoms with E-state index in [1.165, 1.54) is 63.5 Å². The second-order valence-electron chi connectivity index (χ2n) is 9.52. The van der Waals surface area contributed by atoms with Crippen molar-refractivity contribution in [1.82, 2.24) is 0 Å². The topological polar surface area (TPSA) is 0 Å². The van der Waals surface area contributed by atoms with Crippen LogP contribution >= 0.6 is 11.6 Å². The van der Waals surface area contributed by atoms with Gasteiger partial charge in [-0.3, -0.25) is 0 Å². The Kier molecular flexibility index (Phi) is 6.45. The van der Waals surface area contributed by atoms with Crippen molar-refractivity contribution >= 4 is 11.6 Å². The number of hydrogen-bond donors (Lipinski definition) is 0. The van der Waals surface area contributed by atoms with Gasteiger partial charge in [-0.1, -0.05) is 37.1 Å². The van der Waals surface area contributed by atoms with Crippen LogP contribution in [-0.2, 0) is 0 Å². The van der Waals surface area contributed by atoms with Crippen LogP contribution in [0.4, 0.5) is 8.78 Å². The summed E-state index contributed by atoms with van der Waals surface area (Å²) < 4.78 is 27.8. The lowest BCUT2D eigenvalue weighted by Crippen LogP contribution is -2.41. The summed E-state index contributed by atoms with van der Waals surface area (Å²) >= 11 is 5.67. The maximum absolute atomic E-state index is 13.9. The molecule has 0 amide bonds. The van der Waals surface area contributed by atoms with E-state index in [1.807, 2.05) is 0 Å². The SMILES string of the molecule is CCC/C=C/C1CCC2C(CCC3CC(c4cc(F)c(Cl)c(F)c4)CCC32)C1. The highest BCUT2D eigenvalue weighted by molar-refractivity contribution is 6.30. The van der Waals surface area contributed by atoms with E-state index in [9.17, 15) is 8.78 Å². The molecule has 0 N–H and O–H groups in total. The van der Waals surface area contributed by atoms with E-state index in [0.717, 1.165) is 48.0 Å². The summed E-state index contributed by atoms with van der Waals surface area (Å²) in [7, 11) is 0. The number of benzene rings is 1. The number of hydrogen-bond acceptors (Lipinski definition) is 0. The van der Waals surface area contributed by atoms with Crippen LogP contribution in [-0.4, -0.2) is 0 Å². The van der Waals surface area contributed by atoms with Crippen LogP contribution in [0.1, 0.15) is 82.6 Å². The Morgan fingerprint density at radius 1 is 0.929 bits per heavy atom. The van der Waals surface area contributed by atoms with Gasteiger partial charge < -0.3 is 0 Å². The first kappa shape index (κ1) is 20.4. The predicted molar refractivity (Wildman–Crippen MR) is 113 cm³/mol. The third-order valence-electron chi connectivity index (χ3n) is 7.92. The minimum atomic E-state index is -0.614. The molecule has 154 valence electrons. The Labute approximate surface area is 173 Å². The highest BCUT2D eigenvalue weighted by Crippen LogP contribution is 2.55. The second kappa shape index (κ2) is 8.86. The zero-order valence-electron chi connectivity index (χ0n) is 17.0. The molecule has 0 spiro atoms. The van der Waals surface area contributed by atoms with E-state index in [-0.39, 0.29) is 10.9 Å². The molecule has 28 heavy (non-hydrogen) atoms. The van der Waals surface area contributed by atoms with E-state index in [4.69, 9.17) is 11.6 Å². The van der Waals surface area contributed by atoms with Gasteiger partial charge in [-0.15, -0.1) is 0 Å². The summed E-state index contributed by atoms with van der Waals surface area (Å²) in [5.41, 5.74) is 0.810. The fraction of sp³-hybridized carbons (Fsp3) is 0.680. The van der Waals surface area contributed by atoms with Crippen LogP contribution in [0.15, 0.2) is 24.3 Å². The summed E-state index contributed by atoms with van der Waals surface area (Å²) in [6.45, 7) is 2.24. The Bertz CT molecular complexity index is 689. The van der Waals surface area contributed by atoms with Crippen molar-refractivity contribution in [1.29, 1.82) is 0 Å². The Morgan fingerprint density at radius 2 is 1.57 bits per heavy atom. The third kappa shape index (κ3) is 4.18. The van der Waals surface area contributed by atoms with Crippen molar-refractivity contribution in [3.05, 3.63) is 46.5 Å². The molecule has 3 saturated carbocycles. The summed E-state index contributed by atoms with van der Waals surface area (Å²) in [5.74, 6) is 3.19. The van der Waals surface area contributed by atoms with Crippen LogP contribution < -0.4 is 0 Å². The van der Waals surface area contributed by atoms with Gasteiger partial charge in [0.05, 0.1) is 0 Å². The summed E-state index contributed by atoms with van der Waals surface area (Å²) in [6.07, 6.45) is 17.5. The lowest BCUT2D eigenvalue weighted by molar-refractivity contribution is 0.0127. The number of rotatable bonds is 4. The number of fused-ring (bicyclic) bond motifs is 3. The fourth-order valence-electron chi connectivity index (χ4n) is 6.57. The van der Waals surface area contributed by atoms with Gasteiger partial charge in [0.15, 0.2) is 0 Å². The maximum atomic E-state index is 13.9. The van der Waals surface area contributed by atoms with Gasteiger partial charge in [0, 0.05) is 0 Å². The standard InChI is InChI=1S/C25H33ClF2/c1-2-3-4-5-16-6-10-21-18(12-16)7-8-19-13-17(9-11-22(19)21)20-14-23(27)25(26)24(28)15-20/h4-5,14-19,21-22H,2-3,6-13H2,1H3/b5-4+. The summed E-state index contributed by atoms with van der Waals surface area (Å²) in [5, 5.41) is -0.373. The number of allylic oxidation sites excluding steroid dienone is 2. The highest BCUT2D eigenvalue weighted by atomic mass is 35.5. The van der Waals surface area contributed by atoms with Crippen LogP contribution in [0.2, 0.25) is 5.02 Å². The number of unbranched alkanes of at least 4 members (excludes halogenated alkanes) is 1. The average molecular weight is 407 g/mol. The first-order valence-corrected chi connectivity index (χ1v) is 11.8. The predicted octanol–water partition coefficient (Wildman–Crippen LogP) is 8.30. The van der Waals surface area contributed by atoms with Crippen LogP contribution in [0, 0.1) is 41.2 Å². The zero-order chi connectivity index (χ0) is 19.7. The van der Waals surface area contributed by atoms with Crippen molar-refractivity contribution in [3.63, 3.8) is 0 Å². The normalized spacial score (nSPS) is 35.6. The van der Waals surface area contributed by atoms with Gasteiger partial charge >= 0.3 is 0 Å². The summed E-state index contributed by atoms with van der Waals surface area (Å²) in [6, 6.07) is 2.94. The second-order valence-corrected chi connectivity index (χ2v) is 9.90. The molecule has 0 heterocycles. The molecule has 1 aromatic rings. The van der Waals surface area contributed by atoms with Crippen LogP contribution in [0.25, 0.3) is 0 Å². The lowest BCUT2D eigenvalue weighted by Gasteiger charge is -2.50. The molecule has 3 heteroatoms. The largest absolute Gasteiger partial charge is 0.205 e. The zero-order valence-corrected chi connectivity index (χ0v) is 17.7. The van der Waals surface area contributed by atoms with Crippen molar-refractivity contribution in [2.75, 3.05) is 0 Å². The quantitative estimate of drug-likeness (QED) is 0.348. The van der Waals surface area contributed by atoms with Gasteiger partial charge in [0.1, 0.15) is 16.7 Å². The van der Waals surface area contributed by atoms with Crippen LogP contribution in [0.5, 0.6) is 0 Å². The van der Waals surface area contributed by atoms with Crippen molar-refractivity contribution < 1.29 is 8.78 Å². The van der Waals surface area contributed by atoms with Crippen LogP contribution in [0.3, 0.4) is 0 Å². The molecular formula is C25H33ClF2. The molecule has 6 atom stereocenters. The molecule has 0 nitrogen and oxygen atoms in total. The molecule has 0 bridgehead atoms. The molecule has 0 saturated heterocycles. The van der Waals surface area contributed by atoms with Crippen molar-refractivity contribution in [2.24, 2.45) is 29.6 Å². The molecule has 0 radical (unpaired) electrons. The Morgan fingerprint density at radius 3 is 2.25 bits per heavy atom. The minimum absolute atomic E-state index is 0.285. The minimum Gasteiger partial charge on any atom is -0.205 e. The van der Waals surface area contributed by atoms with E-state index < -0.39 is 11.6 Å². The molecular weight excluding hydrogens is 374 g/mol. The van der Waals surface area contributed by atoms with Gasteiger partial charge in [0.25, 0.3) is 0 Å². The van der Waals surface area contributed by atoms with Crippen molar-refractivity contribution in [3.8, 4) is 0 Å². The van der Waals surface area contributed by atoms with E-state index >= 15 is 0 Å². The van der Waals surface area contributed by atoms with Gasteiger partial charge in [0.2, 0.25) is 0 Å². The lowest BCUT2D eigenvalue weighted by atomic mass is 9.55. The third-order valence-corrected chi connectivity index (χ3v) is 8.28. The van der Waals surface area contributed by atoms with Gasteiger partial charge in [-0.05, 0) is 111 Å². The molecule has 6 unspecified atom stereocenters. The first-order valence-electron chi connectivity index (χ1n) is 11.4. The maximum Gasteiger partial charge on any atom is 0.145 e. The molecule has 3 fully saturated rings. The molecule has 3 aliphatic rings. The molecule has 0 aliphatic heterocycles. The van der Waals surface area contributed by atoms with Crippen molar-refractivity contribution in [2.45, 2.75) is 77.0 Å². The molecule has 4 rings (SSSR count). The Hall–Kier alpha value is -0.890. The Balaban J connectivity index is 1.39. The smallest absolute Gasteiger partial charge is 0.145 e. The number of halogens is 3. The van der Waals surface area contributed by atoms with E-state index in [2.05, 4.69) is 19.1 Å². The van der Waals surface area contributed by atoms with E-state index in [0.29, 0.717) is 0 Å². The van der Waals surface area contributed by atoms with Gasteiger partial charge in [-0.2, -0.15) is 0 Å². The molecule has 0 aromatic heterocycles. The average Bonchev–Trinajstić information content (AvgIpc) is 2.71. The summed E-state index contributed by atoms with van der Waals surface area (Å²) in [4.78, 5) is 0. The highest BCUT2D eigenvalue weighted by Gasteiger charge is 2.44. The molecule has 3 aliphatic carbocycles. The van der Waals surface area contributed by atoms with E-state index in [1.54, 1.807) is 0 Å². The van der Waals surface area contributed by atoms with Gasteiger partial charge in [-0.25, -0.2) is 8.78 Å². The molecule has 1 aromatic carbocycles. The first-order chi connectivity index (χ1) is 13.6. The monoisotopic (exact) mass is 406 g/mol. The fourth-order valence-corrected chi connectivity index (χ4v) is 6.68.